The molecule has 2 N–H and O–H groups in total. The van der Waals surface area contributed by atoms with Gasteiger partial charge in [0.2, 0.25) is 10.0 Å². The summed E-state index contributed by atoms with van der Waals surface area (Å²) in [6.45, 7) is 6.18. The third kappa shape index (κ3) is 6.59. The summed E-state index contributed by atoms with van der Waals surface area (Å²) in [4.78, 5) is 15.0. The smallest absolute Gasteiger partial charge is 0.251 e. The van der Waals surface area contributed by atoms with Crippen molar-refractivity contribution in [3.8, 4) is 0 Å². The second-order valence-corrected chi connectivity index (χ2v) is 9.82. The lowest BCUT2D eigenvalue weighted by molar-refractivity contribution is 0.0909. The van der Waals surface area contributed by atoms with Crippen LogP contribution in [0.4, 0.5) is 4.39 Å². The van der Waals surface area contributed by atoms with Crippen LogP contribution in [0.15, 0.2) is 53.4 Å². The number of nitrogens with zero attached hydrogens (tertiary/aromatic N) is 1. The summed E-state index contributed by atoms with van der Waals surface area (Å²) in [5.74, 6) is -0.432. The van der Waals surface area contributed by atoms with Gasteiger partial charge in [-0.3, -0.25) is 9.69 Å². The van der Waals surface area contributed by atoms with Crippen LogP contribution < -0.4 is 10.0 Å². The van der Waals surface area contributed by atoms with E-state index in [1.165, 1.54) is 24.3 Å². The maximum atomic E-state index is 13.0. The lowest BCUT2D eigenvalue weighted by atomic mass is 10.0. The van der Waals surface area contributed by atoms with E-state index in [2.05, 4.69) is 14.9 Å². The van der Waals surface area contributed by atoms with Crippen molar-refractivity contribution < 1.29 is 17.6 Å². The van der Waals surface area contributed by atoms with E-state index in [-0.39, 0.29) is 28.7 Å². The van der Waals surface area contributed by atoms with Crippen molar-refractivity contribution in [3.63, 3.8) is 0 Å². The standard InChI is InChI=1S/C23H30FN3O3S/c1-3-17(2)26-31(29,30)22-10-6-19(7-11-22)23(28)25-21-12-14-27(15-13-21)16-18-4-8-20(24)9-5-18/h4-11,17,21,26H,3,12-16H2,1-2H3,(H,25,28). The maximum absolute atomic E-state index is 13.0. The predicted octanol–water partition coefficient (Wildman–Crippen LogP) is 3.30. The molecule has 6 nitrogen and oxygen atoms in total. The number of benzene rings is 2. The zero-order chi connectivity index (χ0) is 22.4. The summed E-state index contributed by atoms with van der Waals surface area (Å²) < 4.78 is 40.3. The van der Waals surface area contributed by atoms with Crippen LogP contribution in [0.25, 0.3) is 0 Å². The fourth-order valence-electron chi connectivity index (χ4n) is 3.55. The summed E-state index contributed by atoms with van der Waals surface area (Å²) >= 11 is 0. The Kier molecular flexibility index (Phi) is 7.80. The van der Waals surface area contributed by atoms with E-state index >= 15 is 0 Å². The van der Waals surface area contributed by atoms with Crippen molar-refractivity contribution >= 4 is 15.9 Å². The molecule has 0 radical (unpaired) electrons. The molecular formula is C23H30FN3O3S. The van der Waals surface area contributed by atoms with Gasteiger partial charge in [0, 0.05) is 37.3 Å². The molecule has 1 saturated heterocycles. The lowest BCUT2D eigenvalue weighted by Crippen LogP contribution is -2.44. The molecule has 0 aromatic heterocycles. The molecule has 168 valence electrons. The summed E-state index contributed by atoms with van der Waals surface area (Å²) in [6.07, 6.45) is 2.36. The number of amides is 1. The van der Waals surface area contributed by atoms with Crippen LogP contribution in [0.1, 0.15) is 49.0 Å². The first-order valence-corrected chi connectivity index (χ1v) is 12.1. The average molecular weight is 448 g/mol. The Morgan fingerprint density at radius 2 is 1.71 bits per heavy atom. The van der Waals surface area contributed by atoms with Crippen LogP contribution >= 0.6 is 0 Å². The highest BCUT2D eigenvalue weighted by Crippen LogP contribution is 2.16. The molecular weight excluding hydrogens is 417 g/mol. The van der Waals surface area contributed by atoms with Crippen LogP contribution in [0.2, 0.25) is 0 Å². The number of carbonyl (C=O) groups is 1. The molecule has 0 aliphatic carbocycles. The monoisotopic (exact) mass is 447 g/mol. The third-order valence-corrected chi connectivity index (χ3v) is 7.24. The molecule has 31 heavy (non-hydrogen) atoms. The Hall–Kier alpha value is -2.29. The highest BCUT2D eigenvalue weighted by Gasteiger charge is 2.22. The number of likely N-dealkylation sites (tertiary alicyclic amines) is 1. The number of rotatable bonds is 8. The molecule has 2 aromatic carbocycles. The minimum Gasteiger partial charge on any atom is -0.349 e. The normalized spacial score (nSPS) is 16.7. The molecule has 0 spiro atoms. The molecule has 1 atom stereocenters. The van der Waals surface area contributed by atoms with Gasteiger partial charge in [-0.2, -0.15) is 0 Å². The van der Waals surface area contributed by atoms with Crippen LogP contribution in [0, 0.1) is 5.82 Å². The van der Waals surface area contributed by atoms with Crippen molar-refractivity contribution in [2.45, 2.75) is 56.6 Å². The largest absolute Gasteiger partial charge is 0.349 e. The highest BCUT2D eigenvalue weighted by atomic mass is 32.2. The minimum absolute atomic E-state index is 0.0763. The average Bonchev–Trinajstić information content (AvgIpc) is 2.76. The summed E-state index contributed by atoms with van der Waals surface area (Å²) in [5.41, 5.74) is 1.51. The summed E-state index contributed by atoms with van der Waals surface area (Å²) in [5, 5.41) is 3.05. The number of sulfonamides is 1. The van der Waals surface area contributed by atoms with Crippen LogP contribution in [0.5, 0.6) is 0 Å². The first-order valence-electron chi connectivity index (χ1n) is 10.7. The quantitative estimate of drug-likeness (QED) is 0.651. The zero-order valence-corrected chi connectivity index (χ0v) is 18.8. The first-order chi connectivity index (χ1) is 14.8. The molecule has 1 heterocycles. The number of halogens is 1. The van der Waals surface area contributed by atoms with E-state index in [1.807, 2.05) is 13.8 Å². The summed E-state index contributed by atoms with van der Waals surface area (Å²) in [6, 6.07) is 12.5. The van der Waals surface area contributed by atoms with Gasteiger partial charge < -0.3 is 5.32 Å². The van der Waals surface area contributed by atoms with Gasteiger partial charge in [-0.05, 0) is 68.1 Å². The number of hydrogen-bond acceptors (Lipinski definition) is 4. The van der Waals surface area contributed by atoms with Gasteiger partial charge in [-0.15, -0.1) is 0 Å². The Bertz CT molecular complexity index is 970. The molecule has 1 aliphatic rings. The van der Waals surface area contributed by atoms with Crippen molar-refractivity contribution in [3.05, 3.63) is 65.5 Å². The predicted molar refractivity (Wildman–Crippen MR) is 119 cm³/mol. The molecule has 1 fully saturated rings. The molecule has 3 rings (SSSR count). The van der Waals surface area contributed by atoms with Crippen LogP contribution in [0.3, 0.4) is 0 Å². The fourth-order valence-corrected chi connectivity index (χ4v) is 4.88. The van der Waals surface area contributed by atoms with E-state index in [1.54, 1.807) is 24.3 Å². The highest BCUT2D eigenvalue weighted by molar-refractivity contribution is 7.89. The van der Waals surface area contributed by atoms with Crippen LogP contribution in [-0.2, 0) is 16.6 Å². The molecule has 1 unspecified atom stereocenters. The van der Waals surface area contributed by atoms with Gasteiger partial charge >= 0.3 is 0 Å². The van der Waals surface area contributed by atoms with Gasteiger partial charge in [-0.25, -0.2) is 17.5 Å². The van der Waals surface area contributed by atoms with E-state index < -0.39 is 10.0 Å². The minimum atomic E-state index is -3.58. The van der Waals surface area contributed by atoms with Gasteiger partial charge in [0.05, 0.1) is 4.90 Å². The van der Waals surface area contributed by atoms with Gasteiger partial charge in [0.1, 0.15) is 5.82 Å². The summed E-state index contributed by atoms with van der Waals surface area (Å²) in [7, 11) is -3.58. The Morgan fingerprint density at radius 3 is 2.29 bits per heavy atom. The number of hydrogen-bond donors (Lipinski definition) is 2. The van der Waals surface area contributed by atoms with Gasteiger partial charge in [0.15, 0.2) is 0 Å². The van der Waals surface area contributed by atoms with Crippen molar-refractivity contribution in [1.82, 2.24) is 14.9 Å². The van der Waals surface area contributed by atoms with Crippen LogP contribution in [-0.4, -0.2) is 44.4 Å². The second-order valence-electron chi connectivity index (χ2n) is 8.11. The van der Waals surface area contributed by atoms with E-state index in [4.69, 9.17) is 0 Å². The van der Waals surface area contributed by atoms with E-state index in [0.717, 1.165) is 38.0 Å². The zero-order valence-electron chi connectivity index (χ0n) is 18.0. The Labute approximate surface area is 183 Å². The van der Waals surface area contributed by atoms with E-state index in [9.17, 15) is 17.6 Å². The maximum Gasteiger partial charge on any atom is 0.251 e. The topological polar surface area (TPSA) is 78.5 Å². The molecule has 0 saturated carbocycles. The van der Waals surface area contributed by atoms with E-state index in [0.29, 0.717) is 12.0 Å². The first kappa shape index (κ1) is 23.4. The van der Waals surface area contributed by atoms with Crippen molar-refractivity contribution in [2.75, 3.05) is 13.1 Å². The molecule has 0 bridgehead atoms. The molecule has 1 aliphatic heterocycles. The fraction of sp³-hybridized carbons (Fsp3) is 0.435. The molecule has 2 aromatic rings. The van der Waals surface area contributed by atoms with Gasteiger partial charge in [0.25, 0.3) is 5.91 Å². The molecule has 1 amide bonds. The molecule has 8 heteroatoms. The third-order valence-electron chi connectivity index (χ3n) is 5.64. The number of nitrogens with one attached hydrogen (secondary N) is 2. The number of carbonyl (C=O) groups excluding carboxylic acids is 1. The second kappa shape index (κ2) is 10.3. The van der Waals surface area contributed by atoms with Crippen molar-refractivity contribution in [1.29, 1.82) is 0 Å². The Morgan fingerprint density at radius 1 is 1.10 bits per heavy atom. The Balaban J connectivity index is 1.50. The van der Waals surface area contributed by atoms with Crippen molar-refractivity contribution in [2.24, 2.45) is 0 Å². The SMILES string of the molecule is CCC(C)NS(=O)(=O)c1ccc(C(=O)NC2CCN(Cc3ccc(F)cc3)CC2)cc1. The van der Waals surface area contributed by atoms with Gasteiger partial charge in [-0.1, -0.05) is 19.1 Å². The number of piperidine rings is 1. The lowest BCUT2D eigenvalue weighted by Gasteiger charge is -2.32.